The van der Waals surface area contributed by atoms with Gasteiger partial charge in [-0.15, -0.1) is 0 Å². The second-order valence-corrected chi connectivity index (χ2v) is 6.85. The van der Waals surface area contributed by atoms with E-state index in [9.17, 15) is 9.59 Å². The molecule has 1 fully saturated rings. The molecule has 1 aliphatic rings. The minimum absolute atomic E-state index is 0.0136. The molecule has 0 unspecified atom stereocenters. The Hall–Kier alpha value is -3.03. The third-order valence-corrected chi connectivity index (χ3v) is 5.09. The van der Waals surface area contributed by atoms with Crippen molar-refractivity contribution in [3.8, 4) is 11.5 Å². The molecule has 28 heavy (non-hydrogen) atoms. The first-order chi connectivity index (χ1) is 13.6. The molecule has 8 heteroatoms. The molecule has 1 aromatic carbocycles. The van der Waals surface area contributed by atoms with Gasteiger partial charge in [-0.2, -0.15) is 0 Å². The van der Waals surface area contributed by atoms with Crippen LogP contribution in [0.5, 0.6) is 11.5 Å². The fraction of sp³-hybridized carbons (Fsp3) is 0.450. The van der Waals surface area contributed by atoms with Crippen LogP contribution in [0.15, 0.2) is 30.7 Å². The molecule has 2 amide bonds. The number of nitrogens with one attached hydrogen (secondary N) is 2. The van der Waals surface area contributed by atoms with E-state index in [0.29, 0.717) is 48.3 Å². The highest BCUT2D eigenvalue weighted by molar-refractivity contribution is 5.92. The molecule has 0 atom stereocenters. The van der Waals surface area contributed by atoms with Crippen LogP contribution in [0.4, 0.5) is 5.69 Å². The molecule has 0 aliphatic carbocycles. The number of amides is 2. The molecule has 2 heterocycles. The van der Waals surface area contributed by atoms with E-state index < -0.39 is 0 Å². The van der Waals surface area contributed by atoms with Crippen LogP contribution in [0.25, 0.3) is 0 Å². The highest BCUT2D eigenvalue weighted by atomic mass is 16.5. The maximum Gasteiger partial charge on any atom is 0.271 e. The van der Waals surface area contributed by atoms with Crippen LogP contribution in [0.3, 0.4) is 0 Å². The summed E-state index contributed by atoms with van der Waals surface area (Å²) in [5, 5.41) is 2.90. The first-order valence-electron chi connectivity index (χ1n) is 9.40. The quantitative estimate of drug-likeness (QED) is 0.763. The lowest BCUT2D eigenvalue weighted by Gasteiger charge is -2.31. The number of likely N-dealkylation sites (tertiary alicyclic amines) is 1. The monoisotopic (exact) mass is 386 g/mol. The molecule has 2 aromatic rings. The lowest BCUT2D eigenvalue weighted by atomic mass is 9.92. The van der Waals surface area contributed by atoms with E-state index in [1.165, 1.54) is 6.33 Å². The fourth-order valence-electron chi connectivity index (χ4n) is 3.42. The molecule has 0 radical (unpaired) electrons. The number of hydrogen-bond acceptors (Lipinski definition) is 5. The third-order valence-electron chi connectivity index (χ3n) is 5.09. The average Bonchev–Trinajstić information content (AvgIpc) is 3.27. The number of imidazole rings is 1. The Bertz CT molecular complexity index is 799. The Balaban J connectivity index is 1.44. The number of piperidine rings is 1. The summed E-state index contributed by atoms with van der Waals surface area (Å²) in [5.74, 6) is 1.62. The van der Waals surface area contributed by atoms with Crippen LogP contribution in [0.2, 0.25) is 0 Å². The number of hydrogen-bond donors (Lipinski definition) is 2. The van der Waals surface area contributed by atoms with Gasteiger partial charge in [-0.3, -0.25) is 9.59 Å². The first-order valence-corrected chi connectivity index (χ1v) is 9.40. The zero-order valence-corrected chi connectivity index (χ0v) is 16.2. The van der Waals surface area contributed by atoms with Gasteiger partial charge in [0.15, 0.2) is 0 Å². The van der Waals surface area contributed by atoms with E-state index in [4.69, 9.17) is 9.47 Å². The Kier molecular flexibility index (Phi) is 6.52. The van der Waals surface area contributed by atoms with Gasteiger partial charge in [0.1, 0.15) is 17.2 Å². The van der Waals surface area contributed by atoms with Crippen LogP contribution in [0.1, 0.15) is 36.2 Å². The molecule has 8 nitrogen and oxygen atoms in total. The van der Waals surface area contributed by atoms with Gasteiger partial charge in [0, 0.05) is 25.6 Å². The minimum Gasteiger partial charge on any atom is -0.497 e. The van der Waals surface area contributed by atoms with E-state index in [-0.39, 0.29) is 11.8 Å². The average molecular weight is 386 g/mol. The van der Waals surface area contributed by atoms with Gasteiger partial charge < -0.3 is 24.7 Å². The molecule has 0 bridgehead atoms. The van der Waals surface area contributed by atoms with Crippen molar-refractivity contribution in [3.63, 3.8) is 0 Å². The van der Waals surface area contributed by atoms with Crippen LogP contribution in [0, 0.1) is 5.92 Å². The fourth-order valence-corrected chi connectivity index (χ4v) is 3.42. The molecule has 1 saturated heterocycles. The smallest absolute Gasteiger partial charge is 0.271 e. The summed E-state index contributed by atoms with van der Waals surface area (Å²) < 4.78 is 10.5. The van der Waals surface area contributed by atoms with Gasteiger partial charge in [-0.25, -0.2) is 4.98 Å². The second kappa shape index (κ2) is 9.25. The maximum atomic E-state index is 12.3. The van der Waals surface area contributed by atoms with Crippen molar-refractivity contribution in [2.45, 2.75) is 25.7 Å². The number of aromatic nitrogens is 2. The predicted octanol–water partition coefficient (Wildman–Crippen LogP) is 2.70. The van der Waals surface area contributed by atoms with Crippen LogP contribution < -0.4 is 14.8 Å². The largest absolute Gasteiger partial charge is 0.497 e. The van der Waals surface area contributed by atoms with Crippen molar-refractivity contribution in [2.75, 3.05) is 32.6 Å². The summed E-state index contributed by atoms with van der Waals surface area (Å²) in [4.78, 5) is 33.2. The highest BCUT2D eigenvalue weighted by Crippen LogP contribution is 2.29. The zero-order chi connectivity index (χ0) is 19.9. The minimum atomic E-state index is -0.0422. The first kappa shape index (κ1) is 19.7. The topological polar surface area (TPSA) is 96.5 Å². The van der Waals surface area contributed by atoms with E-state index in [1.807, 2.05) is 4.90 Å². The predicted molar refractivity (Wildman–Crippen MR) is 105 cm³/mol. The number of rotatable bonds is 7. The summed E-state index contributed by atoms with van der Waals surface area (Å²) in [6, 6.07) is 5.29. The van der Waals surface area contributed by atoms with E-state index in [1.54, 1.807) is 38.6 Å². The van der Waals surface area contributed by atoms with Crippen LogP contribution >= 0.6 is 0 Å². The lowest BCUT2D eigenvalue weighted by Crippen LogP contribution is -2.38. The van der Waals surface area contributed by atoms with E-state index in [2.05, 4.69) is 15.3 Å². The summed E-state index contributed by atoms with van der Waals surface area (Å²) in [7, 11) is 3.14. The van der Waals surface area contributed by atoms with E-state index >= 15 is 0 Å². The summed E-state index contributed by atoms with van der Waals surface area (Å²) >= 11 is 0. The van der Waals surface area contributed by atoms with Crippen molar-refractivity contribution >= 4 is 17.5 Å². The third kappa shape index (κ3) is 4.82. The number of nitrogens with zero attached hydrogens (tertiary/aromatic N) is 2. The number of carbonyl (C=O) groups is 2. The summed E-state index contributed by atoms with van der Waals surface area (Å²) in [6.45, 7) is 1.41. The van der Waals surface area contributed by atoms with Gasteiger partial charge in [-0.1, -0.05) is 0 Å². The Labute approximate surface area is 164 Å². The molecule has 150 valence electrons. The number of ether oxygens (including phenoxy) is 2. The van der Waals surface area contributed by atoms with Crippen molar-refractivity contribution in [1.29, 1.82) is 0 Å². The van der Waals surface area contributed by atoms with Gasteiger partial charge in [0.2, 0.25) is 5.91 Å². The van der Waals surface area contributed by atoms with E-state index in [0.717, 1.165) is 19.3 Å². The summed E-state index contributed by atoms with van der Waals surface area (Å²) in [6.07, 6.45) is 6.10. The number of aromatic amines is 1. The van der Waals surface area contributed by atoms with Crippen LogP contribution in [-0.4, -0.2) is 54.0 Å². The molecule has 3 rings (SSSR count). The van der Waals surface area contributed by atoms with Crippen molar-refractivity contribution in [1.82, 2.24) is 14.9 Å². The second-order valence-electron chi connectivity index (χ2n) is 6.85. The number of H-pyrrole nitrogens is 1. The van der Waals surface area contributed by atoms with Crippen molar-refractivity contribution < 1.29 is 19.1 Å². The van der Waals surface area contributed by atoms with Gasteiger partial charge in [-0.05, 0) is 37.3 Å². The van der Waals surface area contributed by atoms with Gasteiger partial charge >= 0.3 is 0 Å². The molecule has 1 aliphatic heterocycles. The Morgan fingerprint density at radius 2 is 2.04 bits per heavy atom. The summed E-state index contributed by atoms with van der Waals surface area (Å²) in [5.41, 5.74) is 1.15. The standard InChI is InChI=1S/C20H26N4O4/c1-27-15-4-5-16(18(11-15)28-2)23-19(25)6-3-14-7-9-24(10-8-14)20(26)17-12-21-13-22-17/h4-5,11-14H,3,6-10H2,1-2H3,(H,21,22)(H,23,25). The molecule has 0 saturated carbocycles. The molecule has 1 aromatic heterocycles. The Morgan fingerprint density at radius 3 is 2.68 bits per heavy atom. The molecule has 0 spiro atoms. The lowest BCUT2D eigenvalue weighted by molar-refractivity contribution is -0.116. The number of anilines is 1. The number of methoxy groups -OCH3 is 2. The maximum absolute atomic E-state index is 12.3. The molecule has 2 N–H and O–H groups in total. The van der Waals surface area contributed by atoms with Crippen LogP contribution in [-0.2, 0) is 4.79 Å². The Morgan fingerprint density at radius 1 is 1.25 bits per heavy atom. The molecular weight excluding hydrogens is 360 g/mol. The van der Waals surface area contributed by atoms with Gasteiger partial charge in [0.25, 0.3) is 5.91 Å². The van der Waals surface area contributed by atoms with Crippen molar-refractivity contribution in [3.05, 3.63) is 36.4 Å². The zero-order valence-electron chi connectivity index (χ0n) is 16.2. The number of carbonyl (C=O) groups excluding carboxylic acids is 2. The SMILES string of the molecule is COc1ccc(NC(=O)CCC2CCN(C(=O)c3cnc[nH]3)CC2)c(OC)c1. The normalized spacial score (nSPS) is 14.6. The number of benzene rings is 1. The highest BCUT2D eigenvalue weighted by Gasteiger charge is 2.24. The van der Waals surface area contributed by atoms with Gasteiger partial charge in [0.05, 0.1) is 32.4 Å². The van der Waals surface area contributed by atoms with Crippen molar-refractivity contribution in [2.24, 2.45) is 5.92 Å². The molecular formula is C20H26N4O4.